The smallest absolute Gasteiger partial charge is 0.250 e. The van der Waals surface area contributed by atoms with E-state index in [0.717, 1.165) is 13.0 Å². The van der Waals surface area contributed by atoms with Gasteiger partial charge in [0.2, 0.25) is 10.0 Å². The molecule has 0 aromatic carbocycles. The van der Waals surface area contributed by atoms with Crippen molar-refractivity contribution >= 4 is 51.3 Å². The highest BCUT2D eigenvalue weighted by Crippen LogP contribution is 2.14. The molecule has 1 aromatic rings. The van der Waals surface area contributed by atoms with E-state index < -0.39 is 10.0 Å². The number of nitrogens with one attached hydrogen (secondary N) is 3. The number of rotatable bonds is 7. The summed E-state index contributed by atoms with van der Waals surface area (Å²) in [5.74, 6) is 0.678. The van der Waals surface area contributed by atoms with Crippen LogP contribution in [0.15, 0.2) is 26.7 Å². The summed E-state index contributed by atoms with van der Waals surface area (Å²) in [5, 5.41) is 7.88. The van der Waals surface area contributed by atoms with Gasteiger partial charge in [0.05, 0.1) is 0 Å². The zero-order chi connectivity index (χ0) is 14.1. The average Bonchev–Trinajstić information content (AvgIpc) is 2.92. The van der Waals surface area contributed by atoms with Crippen LogP contribution in [-0.4, -0.2) is 41.1 Å². The molecule has 0 unspecified atom stereocenters. The molecule has 0 saturated heterocycles. The van der Waals surface area contributed by atoms with Gasteiger partial charge in [-0.05, 0) is 17.9 Å². The zero-order valence-corrected chi connectivity index (χ0v) is 15.5. The highest BCUT2D eigenvalue weighted by molar-refractivity contribution is 14.0. The first kappa shape index (κ1) is 19.6. The predicted octanol–water partition coefficient (Wildman–Crippen LogP) is 1.22. The molecule has 0 spiro atoms. The number of sulfonamides is 1. The average molecular weight is 432 g/mol. The van der Waals surface area contributed by atoms with Crippen LogP contribution in [0.1, 0.15) is 13.3 Å². The molecule has 3 N–H and O–H groups in total. The first-order chi connectivity index (χ1) is 9.10. The maximum Gasteiger partial charge on any atom is 0.250 e. The van der Waals surface area contributed by atoms with Crippen LogP contribution < -0.4 is 15.4 Å². The lowest BCUT2D eigenvalue weighted by atomic mass is 10.5. The fourth-order valence-corrected chi connectivity index (χ4v) is 3.39. The minimum Gasteiger partial charge on any atom is -0.356 e. The number of hydrogen-bond donors (Lipinski definition) is 3. The Hall–Kier alpha value is -0.390. The monoisotopic (exact) mass is 432 g/mol. The highest BCUT2D eigenvalue weighted by Gasteiger charge is 2.13. The molecule has 0 fully saturated rings. The highest BCUT2D eigenvalue weighted by atomic mass is 127. The summed E-state index contributed by atoms with van der Waals surface area (Å²) in [6.45, 7) is 3.69. The van der Waals surface area contributed by atoms with Gasteiger partial charge >= 0.3 is 0 Å². The van der Waals surface area contributed by atoms with Gasteiger partial charge in [0.15, 0.2) is 5.96 Å². The molecule has 0 saturated carbocycles. The summed E-state index contributed by atoms with van der Waals surface area (Å²) in [6.07, 6.45) is 1.01. The van der Waals surface area contributed by atoms with Crippen LogP contribution in [0.25, 0.3) is 0 Å². The molecule has 0 bridgehead atoms. The number of hydrogen-bond acceptors (Lipinski definition) is 4. The topological polar surface area (TPSA) is 82.6 Å². The van der Waals surface area contributed by atoms with E-state index >= 15 is 0 Å². The van der Waals surface area contributed by atoms with Crippen molar-refractivity contribution in [3.63, 3.8) is 0 Å². The minimum absolute atomic E-state index is 0. The minimum atomic E-state index is -3.37. The van der Waals surface area contributed by atoms with Crippen molar-refractivity contribution in [3.05, 3.63) is 17.5 Å². The van der Waals surface area contributed by atoms with Crippen molar-refractivity contribution in [2.75, 3.05) is 26.7 Å². The summed E-state index contributed by atoms with van der Waals surface area (Å²) in [6, 6.07) is 3.30. The van der Waals surface area contributed by atoms with E-state index in [-0.39, 0.29) is 24.0 Å². The standard InChI is InChI=1S/C11H20N4O2S2.HI/c1-3-6-13-11(12-2)14-7-8-15-19(16,17)10-5-4-9-18-10;/h4-5,9,15H,3,6-8H2,1-2H3,(H2,12,13,14);1H. The maximum atomic E-state index is 11.8. The second kappa shape index (κ2) is 10.4. The van der Waals surface area contributed by atoms with Gasteiger partial charge in [-0.1, -0.05) is 13.0 Å². The van der Waals surface area contributed by atoms with Crippen LogP contribution in [0.2, 0.25) is 0 Å². The molecule has 1 rings (SSSR count). The second-order valence-electron chi connectivity index (χ2n) is 3.76. The molecule has 1 aromatic heterocycles. The van der Waals surface area contributed by atoms with E-state index in [4.69, 9.17) is 0 Å². The van der Waals surface area contributed by atoms with Crippen LogP contribution in [0, 0.1) is 0 Å². The third-order valence-electron chi connectivity index (χ3n) is 2.24. The quantitative estimate of drug-likeness (QED) is 0.262. The normalized spacial score (nSPS) is 11.8. The number of thiophene rings is 1. The predicted molar refractivity (Wildman–Crippen MR) is 94.6 cm³/mol. The Morgan fingerprint density at radius 3 is 2.55 bits per heavy atom. The number of halogens is 1. The Morgan fingerprint density at radius 1 is 1.30 bits per heavy atom. The van der Waals surface area contributed by atoms with E-state index in [1.165, 1.54) is 11.3 Å². The van der Waals surface area contributed by atoms with Gasteiger partial charge in [-0.15, -0.1) is 35.3 Å². The lowest BCUT2D eigenvalue weighted by molar-refractivity contribution is 0.582. The Labute approximate surface area is 141 Å². The maximum absolute atomic E-state index is 11.8. The Balaban J connectivity index is 0.00000361. The molecular formula is C11H21IN4O2S2. The third kappa shape index (κ3) is 6.86. The Kier molecular flexibility index (Phi) is 10.2. The van der Waals surface area contributed by atoms with Gasteiger partial charge in [0, 0.05) is 26.7 Å². The Bertz CT molecular complexity index is 489. The largest absolute Gasteiger partial charge is 0.356 e. The van der Waals surface area contributed by atoms with Gasteiger partial charge in [-0.25, -0.2) is 13.1 Å². The first-order valence-corrected chi connectivity index (χ1v) is 8.44. The van der Waals surface area contributed by atoms with Crippen LogP contribution in [0.3, 0.4) is 0 Å². The lowest BCUT2D eigenvalue weighted by Crippen LogP contribution is -2.41. The van der Waals surface area contributed by atoms with Crippen LogP contribution in [0.4, 0.5) is 0 Å². The third-order valence-corrected chi connectivity index (χ3v) is 5.09. The SMILES string of the molecule is CCCNC(=NC)NCCNS(=O)(=O)c1cccs1.I. The molecule has 9 heteroatoms. The van der Waals surface area contributed by atoms with Gasteiger partial charge < -0.3 is 10.6 Å². The van der Waals surface area contributed by atoms with E-state index in [2.05, 4.69) is 27.3 Å². The van der Waals surface area contributed by atoms with Crippen LogP contribution in [-0.2, 0) is 10.0 Å². The zero-order valence-electron chi connectivity index (χ0n) is 11.5. The van der Waals surface area contributed by atoms with E-state index in [1.54, 1.807) is 24.6 Å². The molecule has 0 aliphatic heterocycles. The van der Waals surface area contributed by atoms with Gasteiger partial charge in [-0.2, -0.15) is 0 Å². The molecule has 116 valence electrons. The number of aliphatic imine (C=N–C) groups is 1. The molecule has 0 radical (unpaired) electrons. The molecule has 6 nitrogen and oxygen atoms in total. The van der Waals surface area contributed by atoms with E-state index in [0.29, 0.717) is 23.3 Å². The summed E-state index contributed by atoms with van der Waals surface area (Å²) in [7, 11) is -1.69. The number of guanidine groups is 1. The van der Waals surface area contributed by atoms with Gasteiger partial charge in [0.25, 0.3) is 0 Å². The first-order valence-electron chi connectivity index (χ1n) is 6.08. The van der Waals surface area contributed by atoms with Crippen molar-refractivity contribution in [1.29, 1.82) is 0 Å². The summed E-state index contributed by atoms with van der Waals surface area (Å²) in [4.78, 5) is 4.03. The van der Waals surface area contributed by atoms with Crippen molar-refractivity contribution in [2.45, 2.75) is 17.6 Å². The van der Waals surface area contributed by atoms with Crippen LogP contribution >= 0.6 is 35.3 Å². The van der Waals surface area contributed by atoms with Crippen molar-refractivity contribution in [1.82, 2.24) is 15.4 Å². The molecule has 0 amide bonds. The lowest BCUT2D eigenvalue weighted by Gasteiger charge is -2.11. The van der Waals surface area contributed by atoms with Crippen molar-refractivity contribution in [3.8, 4) is 0 Å². The molecule has 0 aliphatic rings. The molecule has 0 atom stereocenters. The molecule has 0 aliphatic carbocycles. The molecule has 20 heavy (non-hydrogen) atoms. The fourth-order valence-electron chi connectivity index (χ4n) is 1.32. The molecular weight excluding hydrogens is 411 g/mol. The van der Waals surface area contributed by atoms with E-state index in [9.17, 15) is 8.42 Å². The second-order valence-corrected chi connectivity index (χ2v) is 6.70. The number of nitrogens with zero attached hydrogens (tertiary/aromatic N) is 1. The summed E-state index contributed by atoms with van der Waals surface area (Å²) >= 11 is 1.20. The van der Waals surface area contributed by atoms with Gasteiger partial charge in [0.1, 0.15) is 4.21 Å². The fraction of sp³-hybridized carbons (Fsp3) is 0.545. The summed E-state index contributed by atoms with van der Waals surface area (Å²) in [5.41, 5.74) is 0. The van der Waals surface area contributed by atoms with E-state index in [1.807, 2.05) is 0 Å². The summed E-state index contributed by atoms with van der Waals surface area (Å²) < 4.78 is 26.5. The van der Waals surface area contributed by atoms with Crippen molar-refractivity contribution < 1.29 is 8.42 Å². The van der Waals surface area contributed by atoms with Crippen LogP contribution in [0.5, 0.6) is 0 Å². The molecule has 1 heterocycles. The van der Waals surface area contributed by atoms with Gasteiger partial charge in [-0.3, -0.25) is 4.99 Å². The Morgan fingerprint density at radius 2 is 2.00 bits per heavy atom. The van der Waals surface area contributed by atoms with Crippen molar-refractivity contribution in [2.24, 2.45) is 4.99 Å².